The summed E-state index contributed by atoms with van der Waals surface area (Å²) >= 11 is 0. The molecule has 1 atom stereocenters. The summed E-state index contributed by atoms with van der Waals surface area (Å²) in [5, 5.41) is 8.09. The van der Waals surface area contributed by atoms with E-state index in [-0.39, 0.29) is 6.04 Å². The fraction of sp³-hybridized carbons (Fsp3) is 0.667. The second-order valence-corrected chi connectivity index (χ2v) is 5.23. The highest BCUT2D eigenvalue weighted by Crippen LogP contribution is 2.21. The van der Waals surface area contributed by atoms with Gasteiger partial charge < -0.3 is 10.1 Å². The van der Waals surface area contributed by atoms with E-state index in [1.165, 1.54) is 11.3 Å². The van der Waals surface area contributed by atoms with Gasteiger partial charge in [0.25, 0.3) is 0 Å². The van der Waals surface area contributed by atoms with E-state index in [4.69, 9.17) is 4.74 Å². The molecule has 0 fully saturated rings. The van der Waals surface area contributed by atoms with Crippen molar-refractivity contribution in [1.82, 2.24) is 15.1 Å². The van der Waals surface area contributed by atoms with Crippen LogP contribution in [0, 0.1) is 13.8 Å². The van der Waals surface area contributed by atoms with Gasteiger partial charge in [-0.25, -0.2) is 0 Å². The standard InChI is InChI=1S/C15H25N3O/c1-5-8-16-14(15-7-6-9-19-15)10-13-11(2)17-18(4)12(13)3/h7,14,16H,5-6,8-10H2,1-4H3. The lowest BCUT2D eigenvalue weighted by molar-refractivity contribution is 0.214. The van der Waals surface area contributed by atoms with Gasteiger partial charge in [0.05, 0.1) is 18.3 Å². The van der Waals surface area contributed by atoms with Crippen LogP contribution in [0.4, 0.5) is 0 Å². The van der Waals surface area contributed by atoms with E-state index in [1.807, 2.05) is 11.7 Å². The molecular formula is C15H25N3O. The van der Waals surface area contributed by atoms with Crippen molar-refractivity contribution in [3.8, 4) is 0 Å². The van der Waals surface area contributed by atoms with Gasteiger partial charge in [0.2, 0.25) is 0 Å². The number of nitrogens with zero attached hydrogens (tertiary/aromatic N) is 2. The molecule has 1 N–H and O–H groups in total. The Morgan fingerprint density at radius 2 is 2.26 bits per heavy atom. The lowest BCUT2D eigenvalue weighted by atomic mass is 10.0. The fourth-order valence-electron chi connectivity index (χ4n) is 2.59. The fourth-order valence-corrected chi connectivity index (χ4v) is 2.59. The van der Waals surface area contributed by atoms with Crippen molar-refractivity contribution in [3.05, 3.63) is 28.8 Å². The van der Waals surface area contributed by atoms with Gasteiger partial charge in [-0.15, -0.1) is 0 Å². The summed E-state index contributed by atoms with van der Waals surface area (Å²) in [5.41, 5.74) is 3.72. The molecule has 1 aromatic rings. The predicted molar refractivity (Wildman–Crippen MR) is 77.1 cm³/mol. The molecule has 0 aliphatic carbocycles. The third-order valence-electron chi connectivity index (χ3n) is 3.78. The lowest BCUT2D eigenvalue weighted by Gasteiger charge is -2.20. The molecule has 0 aromatic carbocycles. The van der Waals surface area contributed by atoms with Gasteiger partial charge >= 0.3 is 0 Å². The molecule has 0 saturated heterocycles. The Morgan fingerprint density at radius 3 is 2.79 bits per heavy atom. The maximum atomic E-state index is 5.74. The average molecular weight is 263 g/mol. The van der Waals surface area contributed by atoms with Gasteiger partial charge in [-0.1, -0.05) is 6.92 Å². The Kier molecular flexibility index (Phi) is 4.64. The van der Waals surface area contributed by atoms with Crippen LogP contribution in [0.15, 0.2) is 11.8 Å². The van der Waals surface area contributed by atoms with Gasteiger partial charge in [-0.3, -0.25) is 4.68 Å². The first-order valence-electron chi connectivity index (χ1n) is 7.18. The molecule has 4 nitrogen and oxygen atoms in total. The zero-order valence-corrected chi connectivity index (χ0v) is 12.5. The summed E-state index contributed by atoms with van der Waals surface area (Å²) in [6, 6.07) is 0.282. The zero-order valence-electron chi connectivity index (χ0n) is 12.5. The van der Waals surface area contributed by atoms with Crippen LogP contribution < -0.4 is 5.32 Å². The minimum atomic E-state index is 0.282. The van der Waals surface area contributed by atoms with Crippen LogP contribution >= 0.6 is 0 Å². The van der Waals surface area contributed by atoms with Crippen LogP contribution in [-0.2, 0) is 18.2 Å². The van der Waals surface area contributed by atoms with Crippen LogP contribution in [0.5, 0.6) is 0 Å². The zero-order chi connectivity index (χ0) is 13.8. The Labute approximate surface area is 115 Å². The van der Waals surface area contributed by atoms with Crippen LogP contribution in [0.3, 0.4) is 0 Å². The average Bonchev–Trinajstić information content (AvgIpc) is 2.98. The van der Waals surface area contributed by atoms with Gasteiger partial charge in [-0.2, -0.15) is 5.10 Å². The monoisotopic (exact) mass is 263 g/mol. The molecule has 1 aromatic heterocycles. The van der Waals surface area contributed by atoms with Crippen molar-refractivity contribution < 1.29 is 4.74 Å². The Bertz CT molecular complexity index is 462. The number of hydrogen-bond donors (Lipinski definition) is 1. The maximum absolute atomic E-state index is 5.74. The number of rotatable bonds is 6. The van der Waals surface area contributed by atoms with Crippen molar-refractivity contribution in [1.29, 1.82) is 0 Å². The molecule has 4 heteroatoms. The minimum Gasteiger partial charge on any atom is -0.496 e. The van der Waals surface area contributed by atoms with Crippen molar-refractivity contribution in [2.24, 2.45) is 7.05 Å². The Balaban J connectivity index is 2.14. The molecule has 19 heavy (non-hydrogen) atoms. The van der Waals surface area contributed by atoms with E-state index < -0.39 is 0 Å². The molecule has 2 heterocycles. The number of ether oxygens (including phenoxy) is 1. The van der Waals surface area contributed by atoms with Gasteiger partial charge in [-0.05, 0) is 44.9 Å². The normalized spacial score (nSPS) is 16.3. The summed E-state index contributed by atoms with van der Waals surface area (Å²) in [6.45, 7) is 8.25. The molecule has 1 aliphatic rings. The molecule has 0 saturated carbocycles. The number of aromatic nitrogens is 2. The third kappa shape index (κ3) is 3.18. The SMILES string of the molecule is CCCNC(Cc1c(C)nn(C)c1C)C1=CCCO1. The summed E-state index contributed by atoms with van der Waals surface area (Å²) in [4.78, 5) is 0. The highest BCUT2D eigenvalue weighted by molar-refractivity contribution is 5.27. The highest BCUT2D eigenvalue weighted by Gasteiger charge is 2.21. The van der Waals surface area contributed by atoms with Crippen molar-refractivity contribution in [2.75, 3.05) is 13.2 Å². The number of nitrogens with one attached hydrogen (secondary N) is 1. The molecule has 1 aliphatic heterocycles. The van der Waals surface area contributed by atoms with Gasteiger partial charge in [0.15, 0.2) is 0 Å². The summed E-state index contributed by atoms with van der Waals surface area (Å²) < 4.78 is 7.71. The van der Waals surface area contributed by atoms with E-state index in [2.05, 4.69) is 37.3 Å². The van der Waals surface area contributed by atoms with Gasteiger partial charge in [0.1, 0.15) is 5.76 Å². The minimum absolute atomic E-state index is 0.282. The van der Waals surface area contributed by atoms with Crippen molar-refractivity contribution in [3.63, 3.8) is 0 Å². The maximum Gasteiger partial charge on any atom is 0.109 e. The van der Waals surface area contributed by atoms with E-state index in [0.717, 1.165) is 43.9 Å². The second kappa shape index (κ2) is 6.24. The van der Waals surface area contributed by atoms with Gasteiger partial charge in [0, 0.05) is 19.2 Å². The number of hydrogen-bond acceptors (Lipinski definition) is 3. The molecule has 0 radical (unpaired) electrons. The van der Waals surface area contributed by atoms with E-state index in [0.29, 0.717) is 0 Å². The lowest BCUT2D eigenvalue weighted by Crippen LogP contribution is -2.34. The second-order valence-electron chi connectivity index (χ2n) is 5.23. The third-order valence-corrected chi connectivity index (χ3v) is 3.78. The molecule has 1 unspecified atom stereocenters. The van der Waals surface area contributed by atoms with E-state index in [9.17, 15) is 0 Å². The molecule has 106 valence electrons. The Hall–Kier alpha value is -1.29. The molecule has 0 spiro atoms. The molecule has 0 amide bonds. The first kappa shape index (κ1) is 14.1. The first-order chi connectivity index (χ1) is 9.13. The summed E-state index contributed by atoms with van der Waals surface area (Å²) in [6.07, 6.45) is 5.34. The molecular weight excluding hydrogens is 238 g/mol. The summed E-state index contributed by atoms with van der Waals surface area (Å²) in [5.74, 6) is 1.11. The quantitative estimate of drug-likeness (QED) is 0.855. The predicted octanol–water partition coefficient (Wildman–Crippen LogP) is 2.25. The first-order valence-corrected chi connectivity index (χ1v) is 7.18. The number of aryl methyl sites for hydroxylation is 2. The Morgan fingerprint density at radius 1 is 1.47 bits per heavy atom. The van der Waals surface area contributed by atoms with Crippen molar-refractivity contribution in [2.45, 2.75) is 46.1 Å². The van der Waals surface area contributed by atoms with Crippen LogP contribution in [0.25, 0.3) is 0 Å². The van der Waals surface area contributed by atoms with E-state index >= 15 is 0 Å². The smallest absolute Gasteiger partial charge is 0.109 e. The topological polar surface area (TPSA) is 39.1 Å². The van der Waals surface area contributed by atoms with Crippen molar-refractivity contribution >= 4 is 0 Å². The van der Waals surface area contributed by atoms with Crippen LogP contribution in [0.2, 0.25) is 0 Å². The van der Waals surface area contributed by atoms with E-state index in [1.54, 1.807) is 0 Å². The van der Waals surface area contributed by atoms with Crippen LogP contribution in [-0.4, -0.2) is 29.0 Å². The van der Waals surface area contributed by atoms with Crippen LogP contribution in [0.1, 0.15) is 36.7 Å². The largest absolute Gasteiger partial charge is 0.496 e. The molecule has 2 rings (SSSR count). The summed E-state index contributed by atoms with van der Waals surface area (Å²) in [7, 11) is 2.01. The molecule has 0 bridgehead atoms. The highest BCUT2D eigenvalue weighted by atomic mass is 16.5.